The van der Waals surface area contributed by atoms with Gasteiger partial charge in [-0.15, -0.1) is 0 Å². The number of ether oxygens (including phenoxy) is 1. The van der Waals surface area contributed by atoms with Gasteiger partial charge in [-0.3, -0.25) is 24.2 Å². The van der Waals surface area contributed by atoms with Crippen molar-refractivity contribution in [3.05, 3.63) is 63.5 Å². The number of halogens is 2. The van der Waals surface area contributed by atoms with E-state index in [9.17, 15) is 19.2 Å². The molecule has 2 atom stereocenters. The molecule has 11 heteroatoms. The van der Waals surface area contributed by atoms with Gasteiger partial charge in [-0.1, -0.05) is 11.6 Å². The van der Waals surface area contributed by atoms with E-state index < -0.39 is 35.9 Å². The Balaban J connectivity index is 1.43. The highest BCUT2D eigenvalue weighted by Gasteiger charge is 2.62. The SMILES string of the molecule is Cn1cnc(C(=O)COC(=O)C2CN3C(=O)CC4(CC4)C3C3=C2C2=CC(=O)C=C(F)C2=C(Cl)C=NC3)c1. The zero-order valence-corrected chi connectivity index (χ0v) is 20.6. The molecule has 2 fully saturated rings. The molecule has 1 aromatic heterocycles. The highest BCUT2D eigenvalue weighted by Crippen LogP contribution is 2.62. The van der Waals surface area contributed by atoms with Crippen molar-refractivity contribution in [1.29, 1.82) is 0 Å². The van der Waals surface area contributed by atoms with E-state index in [0.717, 1.165) is 18.9 Å². The molecule has 6 rings (SSSR count). The number of ketones is 2. The highest BCUT2D eigenvalue weighted by molar-refractivity contribution is 6.40. The molecule has 1 saturated carbocycles. The predicted octanol–water partition coefficient (Wildman–Crippen LogP) is 2.39. The van der Waals surface area contributed by atoms with E-state index in [0.29, 0.717) is 17.6 Å². The first kappa shape index (κ1) is 23.7. The van der Waals surface area contributed by atoms with E-state index >= 15 is 4.39 Å². The molecule has 0 aromatic carbocycles. The first-order valence-electron chi connectivity index (χ1n) is 11.9. The van der Waals surface area contributed by atoms with Gasteiger partial charge in [0.1, 0.15) is 17.4 Å². The van der Waals surface area contributed by atoms with Crippen LogP contribution in [0.1, 0.15) is 29.8 Å². The summed E-state index contributed by atoms with van der Waals surface area (Å²) in [6.07, 6.45) is 8.47. The molecule has 0 N–H and O–H groups in total. The summed E-state index contributed by atoms with van der Waals surface area (Å²) in [6, 6.07) is -0.311. The summed E-state index contributed by atoms with van der Waals surface area (Å²) in [4.78, 5) is 61.5. The standard InChI is InChI=1S/C26H22ClFN4O5/c1-31-10-19(30-12-31)20(34)11-37-25(36)16-9-32-21(35)6-26(2-3-26)24(32)15-7-29-8-17(27)23-14(22(15)16)4-13(33)5-18(23)28/h4-5,8,10,12,16,24H,2-3,6-7,9,11H2,1H3. The molecule has 4 heterocycles. The molecular formula is C26H22ClFN4O5. The smallest absolute Gasteiger partial charge is 0.315 e. The molecule has 0 bridgehead atoms. The third-order valence-electron chi connectivity index (χ3n) is 7.69. The molecule has 0 radical (unpaired) electrons. The molecule has 1 aromatic rings. The van der Waals surface area contributed by atoms with Gasteiger partial charge in [0, 0.05) is 49.5 Å². The Morgan fingerprint density at radius 1 is 1.27 bits per heavy atom. The van der Waals surface area contributed by atoms with Crippen LogP contribution in [-0.4, -0.2) is 69.8 Å². The minimum Gasteiger partial charge on any atom is -0.457 e. The molecule has 2 aliphatic carbocycles. The van der Waals surface area contributed by atoms with Gasteiger partial charge >= 0.3 is 5.97 Å². The number of amides is 1. The van der Waals surface area contributed by atoms with Crippen LogP contribution in [0.25, 0.3) is 0 Å². The van der Waals surface area contributed by atoms with Crippen molar-refractivity contribution in [3.63, 3.8) is 0 Å². The summed E-state index contributed by atoms with van der Waals surface area (Å²) >= 11 is 6.38. The van der Waals surface area contributed by atoms with Crippen molar-refractivity contribution in [1.82, 2.24) is 14.5 Å². The maximum atomic E-state index is 15.1. The second-order valence-electron chi connectivity index (χ2n) is 10.1. The van der Waals surface area contributed by atoms with Crippen LogP contribution in [0.3, 0.4) is 0 Å². The van der Waals surface area contributed by atoms with Gasteiger partial charge in [-0.05, 0) is 35.6 Å². The second-order valence-corrected chi connectivity index (χ2v) is 10.5. The van der Waals surface area contributed by atoms with Gasteiger partial charge in [-0.25, -0.2) is 9.37 Å². The lowest BCUT2D eigenvalue weighted by Crippen LogP contribution is -2.49. The number of hydrogen-bond acceptors (Lipinski definition) is 7. The third kappa shape index (κ3) is 3.81. The monoisotopic (exact) mass is 524 g/mol. The molecule has 1 saturated heterocycles. The quantitative estimate of drug-likeness (QED) is 0.442. The van der Waals surface area contributed by atoms with Crippen LogP contribution in [0.15, 0.2) is 62.8 Å². The molecule has 190 valence electrons. The summed E-state index contributed by atoms with van der Waals surface area (Å²) in [5.41, 5.74) is 1.15. The summed E-state index contributed by atoms with van der Waals surface area (Å²) in [5.74, 6) is -3.78. The number of esters is 1. The molecule has 1 spiro atoms. The van der Waals surface area contributed by atoms with Crippen molar-refractivity contribution < 1.29 is 28.3 Å². The summed E-state index contributed by atoms with van der Waals surface area (Å²) in [5, 5.41) is 0.00237. The molecule has 1 amide bonds. The fourth-order valence-electron chi connectivity index (χ4n) is 5.93. The summed E-state index contributed by atoms with van der Waals surface area (Å²) in [7, 11) is 1.71. The van der Waals surface area contributed by atoms with Crippen LogP contribution in [0.4, 0.5) is 4.39 Å². The van der Waals surface area contributed by atoms with E-state index in [2.05, 4.69) is 9.98 Å². The molecule has 5 aliphatic rings. The average molecular weight is 525 g/mol. The topological polar surface area (TPSA) is 111 Å². The Bertz CT molecular complexity index is 1440. The Morgan fingerprint density at radius 2 is 2.05 bits per heavy atom. The Kier molecular flexibility index (Phi) is 5.41. The van der Waals surface area contributed by atoms with Crippen LogP contribution in [0, 0.1) is 11.3 Å². The Morgan fingerprint density at radius 3 is 2.76 bits per heavy atom. The van der Waals surface area contributed by atoms with Gasteiger partial charge in [-0.2, -0.15) is 0 Å². The van der Waals surface area contributed by atoms with Crippen LogP contribution in [0.5, 0.6) is 0 Å². The van der Waals surface area contributed by atoms with Crippen molar-refractivity contribution in [3.8, 4) is 0 Å². The number of nitrogens with zero attached hydrogens (tertiary/aromatic N) is 4. The first-order chi connectivity index (χ1) is 17.7. The number of hydrogen-bond donors (Lipinski definition) is 0. The van der Waals surface area contributed by atoms with Crippen LogP contribution in [-0.2, 0) is 26.2 Å². The van der Waals surface area contributed by atoms with E-state index in [-0.39, 0.29) is 52.3 Å². The van der Waals surface area contributed by atoms with Gasteiger partial charge in [0.05, 0.1) is 23.9 Å². The van der Waals surface area contributed by atoms with Crippen molar-refractivity contribution in [2.75, 3.05) is 19.7 Å². The van der Waals surface area contributed by atoms with Crippen molar-refractivity contribution >= 4 is 41.3 Å². The second kappa shape index (κ2) is 8.44. The predicted molar refractivity (Wildman–Crippen MR) is 129 cm³/mol. The number of carbonyl (C=O) groups is 4. The fourth-order valence-corrected chi connectivity index (χ4v) is 6.19. The minimum absolute atomic E-state index is 0.00237. The third-order valence-corrected chi connectivity index (χ3v) is 7.98. The maximum Gasteiger partial charge on any atom is 0.315 e. The van der Waals surface area contributed by atoms with E-state index in [1.165, 1.54) is 24.8 Å². The number of imidazole rings is 1. The number of carbonyl (C=O) groups excluding carboxylic acids is 4. The van der Waals surface area contributed by atoms with Gasteiger partial charge in [0.25, 0.3) is 0 Å². The van der Waals surface area contributed by atoms with E-state index in [1.54, 1.807) is 16.5 Å². The van der Waals surface area contributed by atoms with Gasteiger partial charge in [0.2, 0.25) is 11.7 Å². The van der Waals surface area contributed by atoms with E-state index in [4.69, 9.17) is 16.3 Å². The number of fused-ring (bicyclic) bond motifs is 5. The maximum absolute atomic E-state index is 15.1. The molecular weight excluding hydrogens is 503 g/mol. The van der Waals surface area contributed by atoms with Gasteiger partial charge in [0.15, 0.2) is 12.4 Å². The fraction of sp³-hybridized carbons (Fsp3) is 0.385. The summed E-state index contributed by atoms with van der Waals surface area (Å²) < 4.78 is 22.1. The number of rotatable bonds is 4. The number of aryl methyl sites for hydroxylation is 1. The number of allylic oxidation sites excluding steroid dienone is 6. The van der Waals surface area contributed by atoms with Crippen LogP contribution < -0.4 is 0 Å². The largest absolute Gasteiger partial charge is 0.457 e. The zero-order chi connectivity index (χ0) is 26.1. The zero-order valence-electron chi connectivity index (χ0n) is 19.9. The molecule has 2 unspecified atom stereocenters. The van der Waals surface area contributed by atoms with Gasteiger partial charge < -0.3 is 14.2 Å². The van der Waals surface area contributed by atoms with Crippen LogP contribution >= 0.6 is 11.6 Å². The number of aliphatic imine (C=N–C) groups is 1. The lowest BCUT2D eigenvalue weighted by Gasteiger charge is -2.41. The molecule has 9 nitrogen and oxygen atoms in total. The first-order valence-corrected chi connectivity index (χ1v) is 12.3. The van der Waals surface area contributed by atoms with E-state index in [1.807, 2.05) is 0 Å². The number of Topliss-reactive ketones (excluding diaryl/α,β-unsaturated/α-hetero) is 1. The van der Waals surface area contributed by atoms with Crippen molar-refractivity contribution in [2.45, 2.75) is 25.3 Å². The number of aromatic nitrogens is 2. The average Bonchev–Trinajstić information content (AvgIpc) is 3.38. The minimum atomic E-state index is -1.06. The Labute approximate surface area is 216 Å². The normalized spacial score (nSPS) is 25.8. The lowest BCUT2D eigenvalue weighted by atomic mass is 9.74. The highest BCUT2D eigenvalue weighted by atomic mass is 35.5. The lowest BCUT2D eigenvalue weighted by molar-refractivity contribution is -0.147. The summed E-state index contributed by atoms with van der Waals surface area (Å²) in [6.45, 7) is -0.432. The molecule has 3 aliphatic heterocycles. The molecule has 37 heavy (non-hydrogen) atoms. The van der Waals surface area contributed by atoms with Crippen LogP contribution in [0.2, 0.25) is 0 Å². The Hall–Kier alpha value is -3.66. The van der Waals surface area contributed by atoms with Crippen molar-refractivity contribution in [2.24, 2.45) is 23.4 Å².